The molecule has 1 aromatic carbocycles. The van der Waals surface area contributed by atoms with Gasteiger partial charge in [-0.05, 0) is 41.7 Å². The largest absolute Gasteiger partial charge is 0.374 e. The number of fused-ring (bicyclic) bond motifs is 1. The lowest BCUT2D eigenvalue weighted by Crippen LogP contribution is -2.24. The van der Waals surface area contributed by atoms with Crippen LogP contribution in [0.5, 0.6) is 0 Å². The molecule has 0 saturated carbocycles. The maximum atomic E-state index is 4.27. The van der Waals surface area contributed by atoms with Gasteiger partial charge >= 0.3 is 0 Å². The number of anilines is 1. The monoisotopic (exact) mass is 253 g/mol. The minimum atomic E-state index is 1.13. The van der Waals surface area contributed by atoms with Gasteiger partial charge in [0.2, 0.25) is 0 Å². The Morgan fingerprint density at radius 2 is 2.16 bits per heavy atom. The molecule has 0 spiro atoms. The Bertz CT molecular complexity index is 625. The molecule has 3 heteroatoms. The first-order valence-corrected chi connectivity index (χ1v) is 6.68. The molecule has 3 nitrogen and oxygen atoms in total. The quantitative estimate of drug-likeness (QED) is 0.820. The number of nitrogens with zero attached hydrogens (tertiary/aromatic N) is 3. The van der Waals surface area contributed by atoms with Gasteiger partial charge in [-0.25, -0.2) is 0 Å². The zero-order valence-corrected chi connectivity index (χ0v) is 11.6. The van der Waals surface area contributed by atoms with Gasteiger partial charge in [0.25, 0.3) is 0 Å². The molecule has 0 bridgehead atoms. The van der Waals surface area contributed by atoms with E-state index in [-0.39, 0.29) is 0 Å². The Kier molecular flexibility index (Phi) is 2.90. The molecule has 0 unspecified atom stereocenters. The van der Waals surface area contributed by atoms with Crippen molar-refractivity contribution in [2.24, 2.45) is 7.05 Å². The van der Waals surface area contributed by atoms with Gasteiger partial charge in [0, 0.05) is 38.1 Å². The number of aromatic nitrogens is 2. The summed E-state index contributed by atoms with van der Waals surface area (Å²) in [6, 6.07) is 4.56. The van der Waals surface area contributed by atoms with Gasteiger partial charge in [0.1, 0.15) is 0 Å². The molecule has 0 fully saturated rings. The first-order valence-electron chi connectivity index (χ1n) is 6.68. The topological polar surface area (TPSA) is 21.1 Å². The number of rotatable bonds is 2. The van der Waals surface area contributed by atoms with Crippen LogP contribution in [-0.2, 0) is 13.5 Å². The standard InChI is InChI=1S/C16H19N3/c1-4-12-9-16-13(6-5-7-18(16)2)8-15(12)14-10-17-19(3)11-14/h4,8-11H,1,5-7H2,2-3H3. The predicted octanol–water partition coefficient (Wildman–Crippen LogP) is 3.11. The van der Waals surface area contributed by atoms with Crippen molar-refractivity contribution in [1.82, 2.24) is 9.78 Å². The highest BCUT2D eigenvalue weighted by atomic mass is 15.2. The van der Waals surface area contributed by atoms with Gasteiger partial charge in [-0.15, -0.1) is 0 Å². The van der Waals surface area contributed by atoms with E-state index < -0.39 is 0 Å². The maximum Gasteiger partial charge on any atom is 0.0568 e. The van der Waals surface area contributed by atoms with Crippen LogP contribution < -0.4 is 4.90 Å². The van der Waals surface area contributed by atoms with Crippen molar-refractivity contribution in [2.45, 2.75) is 12.8 Å². The molecule has 19 heavy (non-hydrogen) atoms. The van der Waals surface area contributed by atoms with Crippen LogP contribution in [-0.4, -0.2) is 23.4 Å². The Morgan fingerprint density at radius 1 is 1.32 bits per heavy atom. The summed E-state index contributed by atoms with van der Waals surface area (Å²) in [5.41, 5.74) is 6.35. The molecule has 1 aliphatic heterocycles. The highest BCUT2D eigenvalue weighted by Gasteiger charge is 2.17. The Morgan fingerprint density at radius 3 is 2.84 bits per heavy atom. The second-order valence-electron chi connectivity index (χ2n) is 5.20. The lowest BCUT2D eigenvalue weighted by atomic mass is 9.93. The van der Waals surface area contributed by atoms with Gasteiger partial charge in [-0.2, -0.15) is 5.10 Å². The van der Waals surface area contributed by atoms with Gasteiger partial charge < -0.3 is 4.90 Å². The second-order valence-corrected chi connectivity index (χ2v) is 5.20. The summed E-state index contributed by atoms with van der Waals surface area (Å²) >= 11 is 0. The highest BCUT2D eigenvalue weighted by Crippen LogP contribution is 2.34. The third kappa shape index (κ3) is 2.05. The van der Waals surface area contributed by atoms with E-state index in [9.17, 15) is 0 Å². The Labute approximate surface area is 114 Å². The lowest BCUT2D eigenvalue weighted by Gasteiger charge is -2.28. The van der Waals surface area contributed by atoms with E-state index in [1.807, 2.05) is 24.0 Å². The normalized spacial score (nSPS) is 14.3. The molecule has 0 N–H and O–H groups in total. The van der Waals surface area contributed by atoms with E-state index in [0.717, 1.165) is 18.5 Å². The van der Waals surface area contributed by atoms with Crippen LogP contribution in [0.4, 0.5) is 5.69 Å². The average molecular weight is 253 g/mol. The SMILES string of the molecule is C=Cc1cc2c(cc1-c1cnn(C)c1)CCCN2C. The molecule has 1 aromatic heterocycles. The summed E-state index contributed by atoms with van der Waals surface area (Å²) in [5.74, 6) is 0. The summed E-state index contributed by atoms with van der Waals surface area (Å²) in [6.07, 6.45) is 8.29. The molecule has 0 saturated heterocycles. The van der Waals surface area contributed by atoms with Gasteiger partial charge in [0.05, 0.1) is 6.20 Å². The van der Waals surface area contributed by atoms with Crippen molar-refractivity contribution in [3.8, 4) is 11.1 Å². The molecule has 0 atom stereocenters. The van der Waals surface area contributed by atoms with E-state index in [1.54, 1.807) is 0 Å². The molecule has 0 aliphatic carbocycles. The molecular formula is C16H19N3. The van der Waals surface area contributed by atoms with Crippen LogP contribution >= 0.6 is 0 Å². The number of benzene rings is 1. The molecule has 0 amide bonds. The van der Waals surface area contributed by atoms with E-state index in [2.05, 4.69) is 42.0 Å². The van der Waals surface area contributed by atoms with Crippen LogP contribution in [0.25, 0.3) is 17.2 Å². The maximum absolute atomic E-state index is 4.27. The van der Waals surface area contributed by atoms with E-state index >= 15 is 0 Å². The number of aryl methyl sites for hydroxylation is 2. The third-order valence-corrected chi connectivity index (χ3v) is 3.84. The second kappa shape index (κ2) is 4.57. The molecule has 1 aliphatic rings. The fourth-order valence-electron chi connectivity index (χ4n) is 2.81. The van der Waals surface area contributed by atoms with Crippen molar-refractivity contribution < 1.29 is 0 Å². The van der Waals surface area contributed by atoms with E-state index in [4.69, 9.17) is 0 Å². The fraction of sp³-hybridized carbons (Fsp3) is 0.312. The van der Waals surface area contributed by atoms with Crippen molar-refractivity contribution in [1.29, 1.82) is 0 Å². The molecule has 2 heterocycles. The van der Waals surface area contributed by atoms with E-state index in [0.29, 0.717) is 0 Å². The summed E-state index contributed by atoms with van der Waals surface area (Å²) < 4.78 is 1.84. The average Bonchev–Trinajstić information content (AvgIpc) is 2.84. The minimum absolute atomic E-state index is 1.13. The van der Waals surface area contributed by atoms with Crippen LogP contribution in [0.3, 0.4) is 0 Å². The van der Waals surface area contributed by atoms with E-state index in [1.165, 1.54) is 28.8 Å². The first kappa shape index (κ1) is 12.0. The number of hydrogen-bond acceptors (Lipinski definition) is 2. The van der Waals surface area contributed by atoms with Crippen molar-refractivity contribution in [2.75, 3.05) is 18.5 Å². The van der Waals surface area contributed by atoms with Gasteiger partial charge in [-0.3, -0.25) is 4.68 Å². The summed E-state index contributed by atoms with van der Waals surface area (Å²) in [5, 5.41) is 4.27. The van der Waals surface area contributed by atoms with Crippen LogP contribution in [0.2, 0.25) is 0 Å². The minimum Gasteiger partial charge on any atom is -0.374 e. The molecule has 0 radical (unpaired) electrons. The summed E-state index contributed by atoms with van der Waals surface area (Å²) in [6.45, 7) is 5.09. The van der Waals surface area contributed by atoms with Gasteiger partial charge in [0.15, 0.2) is 0 Å². The molecular weight excluding hydrogens is 234 g/mol. The lowest BCUT2D eigenvalue weighted by molar-refractivity contribution is 0.744. The first-order chi connectivity index (χ1) is 9.19. The van der Waals surface area contributed by atoms with Crippen LogP contribution in [0.15, 0.2) is 31.1 Å². The van der Waals surface area contributed by atoms with Crippen molar-refractivity contribution in [3.63, 3.8) is 0 Å². The number of hydrogen-bond donors (Lipinski definition) is 0. The molecule has 98 valence electrons. The van der Waals surface area contributed by atoms with Crippen molar-refractivity contribution in [3.05, 3.63) is 42.2 Å². The smallest absolute Gasteiger partial charge is 0.0568 e. The Balaban J connectivity index is 2.17. The van der Waals surface area contributed by atoms with Gasteiger partial charge in [-0.1, -0.05) is 12.7 Å². The summed E-state index contributed by atoms with van der Waals surface area (Å²) in [7, 11) is 4.11. The fourth-order valence-corrected chi connectivity index (χ4v) is 2.81. The molecule has 3 rings (SSSR count). The highest BCUT2D eigenvalue weighted by molar-refractivity contribution is 5.79. The molecule has 2 aromatic rings. The third-order valence-electron chi connectivity index (χ3n) is 3.84. The van der Waals surface area contributed by atoms with Crippen molar-refractivity contribution >= 4 is 11.8 Å². The Hall–Kier alpha value is -2.03. The van der Waals surface area contributed by atoms with Crippen LogP contribution in [0, 0.1) is 0 Å². The zero-order chi connectivity index (χ0) is 13.4. The summed E-state index contributed by atoms with van der Waals surface area (Å²) in [4.78, 5) is 2.33. The van der Waals surface area contributed by atoms with Crippen LogP contribution in [0.1, 0.15) is 17.5 Å². The predicted molar refractivity (Wildman–Crippen MR) is 80.3 cm³/mol. The zero-order valence-electron chi connectivity index (χ0n) is 11.6.